The van der Waals surface area contributed by atoms with Gasteiger partial charge < -0.3 is 13.3 Å². The molecule has 4 rings (SSSR count). The molecule has 2 bridgehead atoms. The molecule has 0 atom stereocenters. The fourth-order valence-corrected chi connectivity index (χ4v) is 6.54. The van der Waals surface area contributed by atoms with Crippen molar-refractivity contribution in [1.82, 2.24) is 4.90 Å². The van der Waals surface area contributed by atoms with Crippen molar-refractivity contribution >= 4 is 20.6 Å². The molecule has 0 aromatic heterocycles. The zero-order valence-corrected chi connectivity index (χ0v) is 13.7. The van der Waals surface area contributed by atoms with Gasteiger partial charge in [-0.05, 0) is 19.1 Å². The van der Waals surface area contributed by atoms with Crippen molar-refractivity contribution in [3.63, 3.8) is 0 Å². The molecule has 1 aromatic rings. The fraction of sp³-hybridized carbons (Fsp3) is 0.571. The number of hydrogen-bond donors (Lipinski definition) is 0. The molecule has 0 spiro atoms. The van der Waals surface area contributed by atoms with Crippen LogP contribution in [0.3, 0.4) is 0 Å². The van der Waals surface area contributed by atoms with Gasteiger partial charge in [0.05, 0.1) is 25.2 Å². The van der Waals surface area contributed by atoms with Gasteiger partial charge >= 0.3 is 8.80 Å². The average molecular weight is 311 g/mol. The van der Waals surface area contributed by atoms with E-state index in [1.54, 1.807) is 11.8 Å². The molecular weight excluding hydrogens is 290 g/mol. The van der Waals surface area contributed by atoms with E-state index in [9.17, 15) is 0 Å². The molecule has 0 radical (unpaired) electrons. The van der Waals surface area contributed by atoms with Crippen molar-refractivity contribution in [1.29, 1.82) is 0 Å². The first-order chi connectivity index (χ1) is 9.76. The highest BCUT2D eigenvalue weighted by atomic mass is 32.2. The summed E-state index contributed by atoms with van der Waals surface area (Å²) in [6.45, 7) is 7.26. The Hall–Kier alpha value is -0.373. The predicted octanol–water partition coefficient (Wildman–Crippen LogP) is 1.94. The maximum absolute atomic E-state index is 6.02. The molecule has 0 saturated carbocycles. The van der Waals surface area contributed by atoms with Crippen LogP contribution in [0.15, 0.2) is 29.2 Å². The topological polar surface area (TPSA) is 30.9 Å². The SMILES string of the molecule is Cc1ccc(SC[Si]23OCCN(CCO2)CCO3)cc1. The molecule has 4 nitrogen and oxygen atoms in total. The molecule has 3 saturated heterocycles. The van der Waals surface area contributed by atoms with E-state index in [1.807, 2.05) is 0 Å². The van der Waals surface area contributed by atoms with Gasteiger partial charge in [0, 0.05) is 24.5 Å². The first-order valence-electron chi connectivity index (χ1n) is 7.09. The third-order valence-electron chi connectivity index (χ3n) is 3.63. The predicted molar refractivity (Wildman–Crippen MR) is 82.0 cm³/mol. The quantitative estimate of drug-likeness (QED) is 0.629. The summed E-state index contributed by atoms with van der Waals surface area (Å²) in [7, 11) is -2.49. The summed E-state index contributed by atoms with van der Waals surface area (Å²) >= 11 is 1.78. The average Bonchev–Trinajstić information content (AvgIpc) is 2.38. The molecule has 0 N–H and O–H groups in total. The Morgan fingerprint density at radius 3 is 2.10 bits per heavy atom. The molecule has 3 aliphatic rings. The third kappa shape index (κ3) is 3.63. The molecule has 3 aliphatic heterocycles. The number of fused-ring (bicyclic) bond motifs is 6. The van der Waals surface area contributed by atoms with Gasteiger partial charge in [0.25, 0.3) is 0 Å². The lowest BCUT2D eigenvalue weighted by Crippen LogP contribution is -2.57. The van der Waals surface area contributed by atoms with E-state index >= 15 is 0 Å². The number of benzene rings is 1. The van der Waals surface area contributed by atoms with Gasteiger partial charge in [-0.3, -0.25) is 4.90 Å². The monoisotopic (exact) mass is 311 g/mol. The van der Waals surface area contributed by atoms with Gasteiger partial charge in [0.2, 0.25) is 0 Å². The van der Waals surface area contributed by atoms with Crippen molar-refractivity contribution in [2.24, 2.45) is 0 Å². The summed E-state index contributed by atoms with van der Waals surface area (Å²) in [4.78, 5) is 3.59. The van der Waals surface area contributed by atoms with Crippen LogP contribution in [0.25, 0.3) is 0 Å². The zero-order valence-electron chi connectivity index (χ0n) is 11.8. The van der Waals surface area contributed by atoms with Gasteiger partial charge in [-0.2, -0.15) is 0 Å². The second-order valence-electron chi connectivity index (χ2n) is 5.17. The summed E-state index contributed by atoms with van der Waals surface area (Å²) < 4.78 is 18.1. The maximum atomic E-state index is 6.02. The molecule has 6 heteroatoms. The zero-order chi connectivity index (χ0) is 13.8. The summed E-state index contributed by atoms with van der Waals surface area (Å²) in [5.41, 5.74) is 1.28. The van der Waals surface area contributed by atoms with Crippen LogP contribution in [0.1, 0.15) is 5.56 Å². The number of nitrogens with zero attached hydrogens (tertiary/aromatic N) is 1. The molecule has 0 amide bonds. The Morgan fingerprint density at radius 1 is 1.00 bits per heavy atom. The highest BCUT2D eigenvalue weighted by molar-refractivity contribution is 8.00. The Kier molecular flexibility index (Phi) is 4.80. The van der Waals surface area contributed by atoms with Crippen LogP contribution in [-0.2, 0) is 13.3 Å². The fourth-order valence-electron chi connectivity index (χ4n) is 2.38. The van der Waals surface area contributed by atoms with E-state index in [4.69, 9.17) is 13.3 Å². The Bertz CT molecular complexity index is 416. The van der Waals surface area contributed by atoms with Crippen LogP contribution in [0, 0.1) is 6.92 Å². The van der Waals surface area contributed by atoms with Crippen LogP contribution in [0.4, 0.5) is 0 Å². The van der Waals surface area contributed by atoms with Crippen LogP contribution in [-0.4, -0.2) is 58.5 Å². The second-order valence-corrected chi connectivity index (χ2v) is 9.32. The van der Waals surface area contributed by atoms with Crippen LogP contribution < -0.4 is 0 Å². The minimum Gasteiger partial charge on any atom is -0.372 e. The Balaban J connectivity index is 1.65. The van der Waals surface area contributed by atoms with Crippen LogP contribution >= 0.6 is 11.8 Å². The largest absolute Gasteiger partial charge is 0.511 e. The maximum Gasteiger partial charge on any atom is 0.511 e. The van der Waals surface area contributed by atoms with Crippen molar-refractivity contribution in [3.05, 3.63) is 29.8 Å². The van der Waals surface area contributed by atoms with Crippen molar-refractivity contribution in [2.75, 3.05) is 44.8 Å². The first kappa shape index (κ1) is 14.6. The van der Waals surface area contributed by atoms with Crippen LogP contribution in [0.2, 0.25) is 0 Å². The van der Waals surface area contributed by atoms with Gasteiger partial charge in [0.1, 0.15) is 0 Å². The minimum atomic E-state index is -2.49. The Labute approximate surface area is 125 Å². The highest BCUT2D eigenvalue weighted by Crippen LogP contribution is 2.26. The van der Waals surface area contributed by atoms with E-state index in [2.05, 4.69) is 36.1 Å². The van der Waals surface area contributed by atoms with Crippen LogP contribution in [0.5, 0.6) is 0 Å². The summed E-state index contributed by atoms with van der Waals surface area (Å²) in [6.07, 6.45) is 0. The molecule has 110 valence electrons. The van der Waals surface area contributed by atoms with E-state index in [1.165, 1.54) is 10.5 Å². The molecule has 3 fully saturated rings. The summed E-state index contributed by atoms with van der Waals surface area (Å²) in [5.74, 6) is 0. The Morgan fingerprint density at radius 2 is 1.55 bits per heavy atom. The number of thioether (sulfide) groups is 1. The van der Waals surface area contributed by atoms with Gasteiger partial charge in [-0.1, -0.05) is 17.7 Å². The van der Waals surface area contributed by atoms with Crippen molar-refractivity contribution in [2.45, 2.75) is 11.8 Å². The van der Waals surface area contributed by atoms with Crippen molar-refractivity contribution < 1.29 is 13.3 Å². The molecular formula is C14H21NO3SSi. The molecule has 0 aliphatic carbocycles. The number of rotatable bonds is 3. The molecule has 1 aromatic carbocycles. The lowest BCUT2D eigenvalue weighted by Gasteiger charge is -2.37. The summed E-state index contributed by atoms with van der Waals surface area (Å²) in [5, 5.41) is 0.802. The van der Waals surface area contributed by atoms with E-state index in [0.29, 0.717) is 0 Å². The lowest BCUT2D eigenvalue weighted by molar-refractivity contribution is -0.00443. The van der Waals surface area contributed by atoms with Gasteiger partial charge in [0.15, 0.2) is 0 Å². The summed E-state index contributed by atoms with van der Waals surface area (Å²) in [6, 6.07) is 8.58. The molecule has 20 heavy (non-hydrogen) atoms. The van der Waals surface area contributed by atoms with E-state index in [0.717, 1.165) is 44.8 Å². The lowest BCUT2D eigenvalue weighted by atomic mass is 10.2. The number of aryl methyl sites for hydroxylation is 1. The van der Waals surface area contributed by atoms with E-state index in [-0.39, 0.29) is 0 Å². The minimum absolute atomic E-state index is 0.723. The van der Waals surface area contributed by atoms with Crippen molar-refractivity contribution in [3.8, 4) is 0 Å². The standard InChI is InChI=1S/C14H21NO3SSi/c1-13-2-4-14(5-3-13)19-12-20-16-9-6-15(7-10-17-20)8-11-18-20/h2-5H,6-12H2,1H3. The second kappa shape index (κ2) is 6.59. The molecule has 3 heterocycles. The highest BCUT2D eigenvalue weighted by Gasteiger charge is 2.44. The third-order valence-corrected chi connectivity index (χ3v) is 8.15. The van der Waals surface area contributed by atoms with Gasteiger partial charge in [-0.25, -0.2) is 0 Å². The molecule has 0 unspecified atom stereocenters. The normalized spacial score (nSPS) is 30.6. The smallest absolute Gasteiger partial charge is 0.372 e. The first-order valence-corrected chi connectivity index (χ1v) is 10.0. The van der Waals surface area contributed by atoms with Gasteiger partial charge in [-0.15, -0.1) is 11.8 Å². The number of hydrogen-bond acceptors (Lipinski definition) is 5. The van der Waals surface area contributed by atoms with E-state index < -0.39 is 8.80 Å².